The van der Waals surface area contributed by atoms with E-state index in [1.54, 1.807) is 4.83 Å². The van der Waals surface area contributed by atoms with E-state index in [9.17, 15) is 28.1 Å². The van der Waals surface area contributed by atoms with Crippen molar-refractivity contribution in [2.24, 2.45) is 0 Å². The molecule has 146 valence electrons. The van der Waals surface area contributed by atoms with Crippen LogP contribution in [0.1, 0.15) is 5.56 Å². The summed E-state index contributed by atoms with van der Waals surface area (Å²) in [5, 5.41) is 14.2. The minimum Gasteiger partial charge on any atom is -0.375 e. The number of anilines is 1. The molecular weight excluding hydrogens is 390 g/mol. The summed E-state index contributed by atoms with van der Waals surface area (Å²) in [6.45, 7) is 0.256. The van der Waals surface area contributed by atoms with Crippen LogP contribution < -0.4 is 21.4 Å². The number of aromatic nitrogens is 2. The Labute approximate surface area is 157 Å². The molecule has 0 amide bonds. The topological polar surface area (TPSA) is 156 Å². The van der Waals surface area contributed by atoms with E-state index >= 15 is 0 Å². The minimum absolute atomic E-state index is 0.0522. The van der Waals surface area contributed by atoms with Crippen LogP contribution in [-0.2, 0) is 16.6 Å². The van der Waals surface area contributed by atoms with E-state index in [0.29, 0.717) is 4.68 Å². The highest BCUT2D eigenvalue weighted by atomic mass is 32.2. The van der Waals surface area contributed by atoms with Crippen molar-refractivity contribution in [3.8, 4) is 0 Å². The summed E-state index contributed by atoms with van der Waals surface area (Å²) in [6.07, 6.45) is 0.783. The summed E-state index contributed by atoms with van der Waals surface area (Å²) in [5.74, 6) is 0. The van der Waals surface area contributed by atoms with Crippen LogP contribution in [0.25, 0.3) is 10.9 Å². The summed E-state index contributed by atoms with van der Waals surface area (Å²) in [6, 6.07) is 11.3. The van der Waals surface area contributed by atoms with Crippen molar-refractivity contribution >= 4 is 32.3 Å². The van der Waals surface area contributed by atoms with Crippen LogP contribution >= 0.6 is 0 Å². The van der Waals surface area contributed by atoms with Gasteiger partial charge in [-0.3, -0.25) is 14.9 Å². The molecule has 0 radical (unpaired) electrons. The van der Waals surface area contributed by atoms with Crippen LogP contribution in [0.5, 0.6) is 0 Å². The third-order valence-corrected chi connectivity index (χ3v) is 4.31. The first-order valence-electron chi connectivity index (χ1n) is 7.89. The maximum absolute atomic E-state index is 12.6. The second-order valence-electron chi connectivity index (χ2n) is 5.95. The third-order valence-electron chi connectivity index (χ3n) is 3.79. The largest absolute Gasteiger partial charge is 0.375 e. The number of H-pyrrole nitrogens is 1. The Bertz CT molecular complexity index is 1280. The maximum Gasteiger partial charge on any atom is 0.348 e. The van der Waals surface area contributed by atoms with Gasteiger partial charge in [0.1, 0.15) is 5.69 Å². The fraction of sp³-hybridized carbons (Fsp3) is 0.125. The predicted molar refractivity (Wildman–Crippen MR) is 103 cm³/mol. The van der Waals surface area contributed by atoms with Gasteiger partial charge in [0.2, 0.25) is 10.0 Å². The lowest BCUT2D eigenvalue weighted by Crippen LogP contribution is -2.43. The number of nitrogens with zero attached hydrogens (tertiary/aromatic N) is 2. The van der Waals surface area contributed by atoms with Crippen LogP contribution in [0.15, 0.2) is 52.1 Å². The van der Waals surface area contributed by atoms with Crippen molar-refractivity contribution in [2.75, 3.05) is 16.4 Å². The van der Waals surface area contributed by atoms with Gasteiger partial charge in [-0.25, -0.2) is 18.0 Å². The number of nitro benzene ring substituents is 1. The van der Waals surface area contributed by atoms with Gasteiger partial charge >= 0.3 is 5.69 Å². The quantitative estimate of drug-likeness (QED) is 0.403. The average Bonchev–Trinajstić information content (AvgIpc) is 2.63. The average molecular weight is 405 g/mol. The molecule has 0 atom stereocenters. The Morgan fingerprint density at radius 3 is 2.46 bits per heavy atom. The SMILES string of the molecule is CS(=O)(=O)Nn1c(=O)[nH]c2cc([N+](=O)[O-])c(NCc3ccccc3)cc2c1=O. The number of fused-ring (bicyclic) bond motifs is 1. The van der Waals surface area contributed by atoms with E-state index in [1.807, 2.05) is 30.3 Å². The first-order chi connectivity index (χ1) is 13.2. The van der Waals surface area contributed by atoms with Crippen molar-refractivity contribution < 1.29 is 13.3 Å². The summed E-state index contributed by atoms with van der Waals surface area (Å²) in [4.78, 5) is 39.4. The van der Waals surface area contributed by atoms with E-state index < -0.39 is 26.2 Å². The van der Waals surface area contributed by atoms with Gasteiger partial charge in [0, 0.05) is 12.6 Å². The number of aromatic amines is 1. The van der Waals surface area contributed by atoms with Gasteiger partial charge < -0.3 is 10.3 Å². The second kappa shape index (κ2) is 7.15. The molecule has 0 aliphatic carbocycles. The highest BCUT2D eigenvalue weighted by Crippen LogP contribution is 2.28. The molecule has 0 saturated heterocycles. The van der Waals surface area contributed by atoms with E-state index in [0.717, 1.165) is 17.9 Å². The van der Waals surface area contributed by atoms with E-state index in [2.05, 4.69) is 10.3 Å². The molecule has 2 aromatic carbocycles. The smallest absolute Gasteiger partial charge is 0.348 e. The normalized spacial score (nSPS) is 11.3. The minimum atomic E-state index is -3.90. The molecule has 0 fully saturated rings. The van der Waals surface area contributed by atoms with Gasteiger partial charge in [0.05, 0.1) is 22.1 Å². The van der Waals surface area contributed by atoms with Crippen LogP contribution in [-0.4, -0.2) is 29.3 Å². The lowest BCUT2D eigenvalue weighted by molar-refractivity contribution is -0.383. The van der Waals surface area contributed by atoms with Gasteiger partial charge in [-0.1, -0.05) is 30.3 Å². The number of rotatable bonds is 6. The fourth-order valence-corrected chi connectivity index (χ4v) is 3.08. The number of sulfonamides is 1. The molecular formula is C16H15N5O6S. The van der Waals surface area contributed by atoms with Gasteiger partial charge in [0.15, 0.2) is 0 Å². The van der Waals surface area contributed by atoms with Crippen molar-refractivity contribution in [3.05, 3.63) is 79.0 Å². The van der Waals surface area contributed by atoms with E-state index in [4.69, 9.17) is 0 Å². The number of nitrogens with one attached hydrogen (secondary N) is 3. The van der Waals surface area contributed by atoms with Crippen LogP contribution in [0.2, 0.25) is 0 Å². The van der Waals surface area contributed by atoms with Crippen molar-refractivity contribution in [3.63, 3.8) is 0 Å². The summed E-state index contributed by atoms with van der Waals surface area (Å²) in [7, 11) is -3.90. The molecule has 0 bridgehead atoms. The number of benzene rings is 2. The summed E-state index contributed by atoms with van der Waals surface area (Å²) >= 11 is 0. The molecule has 12 heteroatoms. The predicted octanol–water partition coefficient (Wildman–Crippen LogP) is 0.713. The van der Waals surface area contributed by atoms with Gasteiger partial charge in [-0.05, 0) is 11.6 Å². The molecule has 3 rings (SSSR count). The Kier molecular flexibility index (Phi) is 4.88. The van der Waals surface area contributed by atoms with Gasteiger partial charge in [-0.2, -0.15) is 4.68 Å². The standard InChI is InChI=1S/C16H15N5O6S/c1-28(26,27)19-20-15(22)11-7-13(17-9-10-5-3-2-4-6-10)14(21(24)25)8-12(11)18-16(20)23/h2-8,17,19H,9H2,1H3,(H,18,23). The zero-order valence-corrected chi connectivity index (χ0v) is 15.3. The first-order valence-corrected chi connectivity index (χ1v) is 9.78. The molecule has 0 aliphatic heterocycles. The molecule has 3 N–H and O–H groups in total. The summed E-state index contributed by atoms with van der Waals surface area (Å²) in [5.41, 5.74) is -1.54. The number of hydrogen-bond acceptors (Lipinski definition) is 7. The molecule has 1 aromatic heterocycles. The molecule has 0 unspecified atom stereocenters. The molecule has 28 heavy (non-hydrogen) atoms. The van der Waals surface area contributed by atoms with Crippen molar-refractivity contribution in [1.82, 2.24) is 9.66 Å². The number of hydrogen-bond donors (Lipinski definition) is 3. The monoisotopic (exact) mass is 405 g/mol. The van der Waals surface area contributed by atoms with Gasteiger partial charge in [-0.15, -0.1) is 0 Å². The molecule has 0 spiro atoms. The van der Waals surface area contributed by atoms with E-state index in [1.165, 1.54) is 6.07 Å². The second-order valence-corrected chi connectivity index (χ2v) is 7.67. The zero-order valence-electron chi connectivity index (χ0n) is 14.5. The first kappa shape index (κ1) is 19.1. The highest BCUT2D eigenvalue weighted by Gasteiger charge is 2.19. The maximum atomic E-state index is 12.6. The van der Waals surface area contributed by atoms with Crippen LogP contribution in [0.3, 0.4) is 0 Å². The van der Waals surface area contributed by atoms with Crippen molar-refractivity contribution in [2.45, 2.75) is 6.54 Å². The molecule has 1 heterocycles. The molecule has 0 aliphatic rings. The lowest BCUT2D eigenvalue weighted by Gasteiger charge is -2.10. The third kappa shape index (κ3) is 4.01. The Hall–Kier alpha value is -3.67. The fourth-order valence-electron chi connectivity index (χ4n) is 2.59. The van der Waals surface area contributed by atoms with Gasteiger partial charge in [0.25, 0.3) is 11.2 Å². The Morgan fingerprint density at radius 1 is 1.18 bits per heavy atom. The Balaban J connectivity index is 2.14. The van der Waals surface area contributed by atoms with Crippen LogP contribution in [0, 0.1) is 10.1 Å². The molecule has 3 aromatic rings. The summed E-state index contributed by atoms with van der Waals surface area (Å²) < 4.78 is 23.1. The van der Waals surface area contributed by atoms with E-state index in [-0.39, 0.29) is 28.8 Å². The molecule has 11 nitrogen and oxygen atoms in total. The number of nitro groups is 1. The van der Waals surface area contributed by atoms with Crippen LogP contribution in [0.4, 0.5) is 11.4 Å². The lowest BCUT2D eigenvalue weighted by atomic mass is 10.1. The molecule has 0 saturated carbocycles. The highest BCUT2D eigenvalue weighted by molar-refractivity contribution is 7.91. The van der Waals surface area contributed by atoms with Crippen molar-refractivity contribution in [1.29, 1.82) is 0 Å². The zero-order chi connectivity index (χ0) is 20.5. The Morgan fingerprint density at radius 2 is 1.86 bits per heavy atom.